The zero-order valence-corrected chi connectivity index (χ0v) is 19.5. The first kappa shape index (κ1) is 23.7. The Balaban J connectivity index is 1.32. The van der Waals surface area contributed by atoms with Gasteiger partial charge >= 0.3 is 0 Å². The molecule has 0 bridgehead atoms. The van der Waals surface area contributed by atoms with Crippen LogP contribution in [0.5, 0.6) is 0 Å². The SMILES string of the molecule is O=C(CCc1ccc(N2CCCC2)cc1)[C@H](O)[C@@H](O)C(=O)N1CCCC1c1cccc(Cl)c1. The highest BCUT2D eigenvalue weighted by Gasteiger charge is 2.38. The Morgan fingerprint density at radius 3 is 2.39 bits per heavy atom. The maximum absolute atomic E-state index is 12.9. The van der Waals surface area contributed by atoms with Crippen LogP contribution >= 0.6 is 11.6 Å². The number of nitrogens with zero attached hydrogens (tertiary/aromatic N) is 2. The van der Waals surface area contributed by atoms with Crippen LogP contribution in [-0.4, -0.2) is 58.6 Å². The number of benzene rings is 2. The highest BCUT2D eigenvalue weighted by molar-refractivity contribution is 6.30. The lowest BCUT2D eigenvalue weighted by molar-refractivity contribution is -0.153. The Hall–Kier alpha value is -2.41. The third kappa shape index (κ3) is 5.57. The lowest BCUT2D eigenvalue weighted by Crippen LogP contribution is -2.47. The molecule has 2 N–H and O–H groups in total. The summed E-state index contributed by atoms with van der Waals surface area (Å²) in [5.74, 6) is -1.15. The predicted octanol–water partition coefficient (Wildman–Crippen LogP) is 3.53. The molecule has 0 radical (unpaired) electrons. The highest BCUT2D eigenvalue weighted by Crippen LogP contribution is 2.33. The lowest BCUT2D eigenvalue weighted by Gasteiger charge is -2.28. The summed E-state index contributed by atoms with van der Waals surface area (Å²) in [6.45, 7) is 2.62. The van der Waals surface area contributed by atoms with Crippen LogP contribution in [0.3, 0.4) is 0 Å². The Kier molecular flexibility index (Phi) is 7.68. The number of carbonyl (C=O) groups is 2. The van der Waals surface area contributed by atoms with E-state index in [4.69, 9.17) is 11.6 Å². The van der Waals surface area contributed by atoms with Crippen molar-refractivity contribution in [3.05, 3.63) is 64.7 Å². The van der Waals surface area contributed by atoms with E-state index in [1.165, 1.54) is 18.5 Å². The smallest absolute Gasteiger partial charge is 0.255 e. The number of aryl methyl sites for hydroxylation is 1. The van der Waals surface area contributed by atoms with Crippen molar-refractivity contribution in [3.63, 3.8) is 0 Å². The number of ketones is 1. The standard InChI is InChI=1S/C26H31ClN2O4/c27-20-6-3-5-19(17-20)22-7-4-16-29(22)26(33)25(32)24(31)23(30)13-10-18-8-11-21(12-9-18)28-14-1-2-15-28/h3,5-6,8-9,11-12,17,22,24-25,31-32H,1-2,4,7,10,13-16H2/t22?,24-,25+/m0/s1. The summed E-state index contributed by atoms with van der Waals surface area (Å²) in [6.07, 6.45) is 0.970. The van der Waals surface area contributed by atoms with Crippen LogP contribution in [0.15, 0.2) is 48.5 Å². The molecule has 3 atom stereocenters. The summed E-state index contributed by atoms with van der Waals surface area (Å²) < 4.78 is 0. The van der Waals surface area contributed by atoms with Crippen LogP contribution in [0, 0.1) is 0 Å². The van der Waals surface area contributed by atoms with Gasteiger partial charge in [0.05, 0.1) is 6.04 Å². The first-order valence-corrected chi connectivity index (χ1v) is 12.1. The molecule has 0 spiro atoms. The normalized spacial score (nSPS) is 20.2. The molecule has 7 heteroatoms. The van der Waals surface area contributed by atoms with Gasteiger partial charge in [0.15, 0.2) is 11.9 Å². The van der Waals surface area contributed by atoms with Crippen molar-refractivity contribution in [1.82, 2.24) is 4.90 Å². The minimum atomic E-state index is -1.77. The van der Waals surface area contributed by atoms with E-state index in [0.29, 0.717) is 18.0 Å². The topological polar surface area (TPSA) is 81.1 Å². The highest BCUT2D eigenvalue weighted by atomic mass is 35.5. The molecule has 0 aromatic heterocycles. The lowest BCUT2D eigenvalue weighted by atomic mass is 10.00. The van der Waals surface area contributed by atoms with Crippen molar-refractivity contribution in [1.29, 1.82) is 0 Å². The number of anilines is 1. The van der Waals surface area contributed by atoms with Gasteiger partial charge in [-0.2, -0.15) is 0 Å². The molecule has 0 aliphatic carbocycles. The molecule has 6 nitrogen and oxygen atoms in total. The second-order valence-electron chi connectivity index (χ2n) is 8.96. The van der Waals surface area contributed by atoms with Gasteiger partial charge in [-0.05, 0) is 67.5 Å². The van der Waals surface area contributed by atoms with Crippen LogP contribution in [0.2, 0.25) is 5.02 Å². The maximum Gasteiger partial charge on any atom is 0.255 e. The predicted molar refractivity (Wildman–Crippen MR) is 128 cm³/mol. The molecule has 176 valence electrons. The number of aliphatic hydroxyl groups is 2. The summed E-state index contributed by atoms with van der Waals surface area (Å²) >= 11 is 6.09. The van der Waals surface area contributed by atoms with Gasteiger partial charge in [0.2, 0.25) is 0 Å². The van der Waals surface area contributed by atoms with E-state index >= 15 is 0 Å². The fourth-order valence-corrected chi connectivity index (χ4v) is 5.03. The number of Topliss-reactive ketones (excluding diaryl/α,β-unsaturated/α-hetero) is 1. The molecule has 2 aliphatic rings. The fourth-order valence-electron chi connectivity index (χ4n) is 4.84. The van der Waals surface area contributed by atoms with Crippen LogP contribution in [0.25, 0.3) is 0 Å². The number of halogens is 1. The monoisotopic (exact) mass is 470 g/mol. The molecule has 2 fully saturated rings. The van der Waals surface area contributed by atoms with Crippen LogP contribution in [-0.2, 0) is 16.0 Å². The first-order valence-electron chi connectivity index (χ1n) is 11.7. The third-order valence-electron chi connectivity index (χ3n) is 6.72. The molecular formula is C26H31ClN2O4. The van der Waals surface area contributed by atoms with Gasteiger partial charge in [-0.3, -0.25) is 9.59 Å². The van der Waals surface area contributed by atoms with Crippen molar-refractivity contribution >= 4 is 29.0 Å². The molecule has 2 aliphatic heterocycles. The summed E-state index contributed by atoms with van der Waals surface area (Å²) in [4.78, 5) is 29.4. The van der Waals surface area contributed by atoms with E-state index < -0.39 is 23.9 Å². The average Bonchev–Trinajstić information content (AvgIpc) is 3.54. The van der Waals surface area contributed by atoms with Gasteiger partial charge in [-0.1, -0.05) is 35.9 Å². The molecule has 0 saturated carbocycles. The van der Waals surface area contributed by atoms with Crippen molar-refractivity contribution in [3.8, 4) is 0 Å². The quantitative estimate of drug-likeness (QED) is 0.617. The van der Waals surface area contributed by atoms with Crippen LogP contribution < -0.4 is 4.90 Å². The number of hydrogen-bond acceptors (Lipinski definition) is 5. The molecule has 2 aromatic rings. The summed E-state index contributed by atoms with van der Waals surface area (Å²) in [5, 5.41) is 21.5. The van der Waals surface area contributed by atoms with E-state index in [1.54, 1.807) is 17.0 Å². The van der Waals surface area contributed by atoms with Gasteiger partial charge in [-0.25, -0.2) is 0 Å². The summed E-state index contributed by atoms with van der Waals surface area (Å²) in [6, 6.07) is 15.2. The van der Waals surface area contributed by atoms with Crippen LogP contribution in [0.4, 0.5) is 5.69 Å². The second-order valence-corrected chi connectivity index (χ2v) is 9.40. The molecule has 2 saturated heterocycles. The molecular weight excluding hydrogens is 440 g/mol. The van der Waals surface area contributed by atoms with Crippen molar-refractivity contribution in [2.75, 3.05) is 24.5 Å². The van der Waals surface area contributed by atoms with Gasteiger partial charge in [0, 0.05) is 36.8 Å². The Morgan fingerprint density at radius 2 is 1.70 bits per heavy atom. The minimum Gasteiger partial charge on any atom is -0.382 e. The number of likely N-dealkylation sites (tertiary alicyclic amines) is 1. The Morgan fingerprint density at radius 1 is 0.970 bits per heavy atom. The number of amides is 1. The van der Waals surface area contributed by atoms with E-state index in [-0.39, 0.29) is 12.5 Å². The Labute approximate surface area is 199 Å². The third-order valence-corrected chi connectivity index (χ3v) is 6.95. The molecule has 1 amide bonds. The van der Waals surface area contributed by atoms with Gasteiger partial charge < -0.3 is 20.0 Å². The van der Waals surface area contributed by atoms with E-state index in [9.17, 15) is 19.8 Å². The number of rotatable bonds is 8. The molecule has 2 aromatic carbocycles. The second kappa shape index (κ2) is 10.7. The number of aliphatic hydroxyl groups excluding tert-OH is 2. The fraction of sp³-hybridized carbons (Fsp3) is 0.462. The van der Waals surface area contributed by atoms with Crippen molar-refractivity contribution in [2.45, 2.75) is 56.8 Å². The zero-order valence-electron chi connectivity index (χ0n) is 18.7. The number of carbonyl (C=O) groups excluding carboxylic acids is 2. The van der Waals surface area contributed by atoms with Gasteiger partial charge in [0.25, 0.3) is 5.91 Å². The van der Waals surface area contributed by atoms with Crippen molar-refractivity contribution in [2.24, 2.45) is 0 Å². The number of hydrogen-bond donors (Lipinski definition) is 2. The summed E-state index contributed by atoms with van der Waals surface area (Å²) in [7, 11) is 0. The molecule has 33 heavy (non-hydrogen) atoms. The average molecular weight is 471 g/mol. The maximum atomic E-state index is 12.9. The van der Waals surface area contributed by atoms with Gasteiger partial charge in [0.1, 0.15) is 6.10 Å². The van der Waals surface area contributed by atoms with Gasteiger partial charge in [-0.15, -0.1) is 0 Å². The summed E-state index contributed by atoms with van der Waals surface area (Å²) in [5.41, 5.74) is 3.06. The molecule has 4 rings (SSSR count). The van der Waals surface area contributed by atoms with Crippen LogP contribution in [0.1, 0.15) is 49.3 Å². The minimum absolute atomic E-state index is 0.0618. The van der Waals surface area contributed by atoms with E-state index in [2.05, 4.69) is 17.0 Å². The van der Waals surface area contributed by atoms with E-state index in [1.807, 2.05) is 24.3 Å². The van der Waals surface area contributed by atoms with E-state index in [0.717, 1.165) is 37.1 Å². The molecule has 1 unspecified atom stereocenters. The Bertz CT molecular complexity index is 975. The van der Waals surface area contributed by atoms with Crippen molar-refractivity contribution < 1.29 is 19.8 Å². The molecule has 2 heterocycles. The largest absolute Gasteiger partial charge is 0.382 e. The first-order chi connectivity index (χ1) is 15.9. The zero-order chi connectivity index (χ0) is 23.4.